The van der Waals surface area contributed by atoms with Crippen LogP contribution in [0.2, 0.25) is 0 Å². The van der Waals surface area contributed by atoms with E-state index >= 15 is 0 Å². The van der Waals surface area contributed by atoms with E-state index in [1.807, 2.05) is 0 Å². The monoisotopic (exact) mass is 196 g/mol. The van der Waals surface area contributed by atoms with Crippen LogP contribution in [0.5, 0.6) is 0 Å². The molecule has 2 fully saturated rings. The minimum Gasteiger partial charge on any atom is -0.324 e. The van der Waals surface area contributed by atoms with E-state index in [1.165, 1.54) is 69.2 Å². The third-order valence-corrected chi connectivity index (χ3v) is 4.54. The zero-order valence-corrected chi connectivity index (χ0v) is 10.0. The summed E-state index contributed by atoms with van der Waals surface area (Å²) in [5.41, 5.74) is 0.635. The van der Waals surface area contributed by atoms with Gasteiger partial charge in [0.15, 0.2) is 0 Å². The summed E-state index contributed by atoms with van der Waals surface area (Å²) in [6, 6.07) is 0. The lowest BCUT2D eigenvalue weighted by atomic mass is 9.81. The van der Waals surface area contributed by atoms with Crippen LogP contribution in [0.4, 0.5) is 0 Å². The highest BCUT2D eigenvalue weighted by atomic mass is 15.4. The molecule has 1 heteroatoms. The van der Waals surface area contributed by atoms with Gasteiger partial charge in [-0.2, -0.15) is 0 Å². The molecule has 2 heterocycles. The van der Waals surface area contributed by atoms with Gasteiger partial charge in [-0.25, -0.2) is 0 Å². The van der Waals surface area contributed by atoms with Gasteiger partial charge in [0.1, 0.15) is 0 Å². The molecule has 0 radical (unpaired) electrons. The van der Waals surface area contributed by atoms with Crippen molar-refractivity contribution in [2.45, 2.75) is 52.4 Å². The van der Waals surface area contributed by atoms with E-state index in [0.717, 1.165) is 0 Å². The molecule has 0 aliphatic carbocycles. The van der Waals surface area contributed by atoms with E-state index in [9.17, 15) is 0 Å². The standard InChI is InChI=1S/C13H26N/c1-13(2)7-11-14(12-8-13)9-5-3-4-6-10-14/h3-12H2,1-2H3/q+1. The van der Waals surface area contributed by atoms with Gasteiger partial charge < -0.3 is 4.48 Å². The number of quaternary nitrogens is 1. The SMILES string of the molecule is CC1(C)CC[N+]2(CCCCCC2)CC1. The van der Waals surface area contributed by atoms with E-state index in [-0.39, 0.29) is 0 Å². The molecule has 0 aromatic heterocycles. The molecule has 0 atom stereocenters. The normalized spacial score (nSPS) is 31.3. The first kappa shape index (κ1) is 10.5. The summed E-state index contributed by atoms with van der Waals surface area (Å²) >= 11 is 0. The van der Waals surface area contributed by atoms with Crippen LogP contribution in [0, 0.1) is 5.41 Å². The molecule has 2 aliphatic rings. The Morgan fingerprint density at radius 2 is 1.21 bits per heavy atom. The fourth-order valence-electron chi connectivity index (χ4n) is 3.12. The van der Waals surface area contributed by atoms with Crippen molar-refractivity contribution in [1.82, 2.24) is 0 Å². The molecular formula is C13H26N+. The van der Waals surface area contributed by atoms with Gasteiger partial charge in [-0.05, 0) is 31.1 Å². The van der Waals surface area contributed by atoms with Crippen molar-refractivity contribution in [3.63, 3.8) is 0 Å². The molecule has 0 saturated carbocycles. The molecule has 2 saturated heterocycles. The Labute approximate surface area is 89.1 Å². The van der Waals surface area contributed by atoms with Gasteiger partial charge in [-0.3, -0.25) is 0 Å². The van der Waals surface area contributed by atoms with E-state index in [2.05, 4.69) is 13.8 Å². The molecule has 1 nitrogen and oxygen atoms in total. The second-order valence-electron chi connectivity index (χ2n) is 6.31. The molecule has 2 rings (SSSR count). The Hall–Kier alpha value is -0.0400. The van der Waals surface area contributed by atoms with Crippen molar-refractivity contribution in [3.05, 3.63) is 0 Å². The summed E-state index contributed by atoms with van der Waals surface area (Å²) in [5.74, 6) is 0. The van der Waals surface area contributed by atoms with Gasteiger partial charge in [0.2, 0.25) is 0 Å². The van der Waals surface area contributed by atoms with Crippen LogP contribution in [-0.2, 0) is 0 Å². The maximum absolute atomic E-state index is 2.44. The molecule has 1 spiro atoms. The zero-order valence-electron chi connectivity index (χ0n) is 10.0. The Morgan fingerprint density at radius 1 is 0.714 bits per heavy atom. The van der Waals surface area contributed by atoms with Gasteiger partial charge in [0.05, 0.1) is 26.2 Å². The van der Waals surface area contributed by atoms with Crippen LogP contribution < -0.4 is 0 Å². The van der Waals surface area contributed by atoms with Crippen LogP contribution >= 0.6 is 0 Å². The summed E-state index contributed by atoms with van der Waals surface area (Å²) in [7, 11) is 0. The van der Waals surface area contributed by atoms with E-state index in [1.54, 1.807) is 0 Å². The first-order valence-corrected chi connectivity index (χ1v) is 6.47. The summed E-state index contributed by atoms with van der Waals surface area (Å²) in [6.45, 7) is 10.8. The zero-order chi connectivity index (χ0) is 10.1. The van der Waals surface area contributed by atoms with Gasteiger partial charge in [0, 0.05) is 12.8 Å². The van der Waals surface area contributed by atoms with Gasteiger partial charge >= 0.3 is 0 Å². The minimum absolute atomic E-state index is 0.635. The lowest BCUT2D eigenvalue weighted by Crippen LogP contribution is -2.54. The van der Waals surface area contributed by atoms with Crippen molar-refractivity contribution in [1.29, 1.82) is 0 Å². The Bertz CT molecular complexity index is 175. The maximum atomic E-state index is 2.44. The largest absolute Gasteiger partial charge is 0.324 e. The summed E-state index contributed by atoms with van der Waals surface area (Å²) in [4.78, 5) is 0. The third kappa shape index (κ3) is 2.31. The lowest BCUT2D eigenvalue weighted by molar-refractivity contribution is -0.934. The first-order chi connectivity index (χ1) is 6.62. The Balaban J connectivity index is 1.96. The topological polar surface area (TPSA) is 0 Å². The quantitative estimate of drug-likeness (QED) is 0.522. The molecule has 14 heavy (non-hydrogen) atoms. The highest BCUT2D eigenvalue weighted by molar-refractivity contribution is 4.73. The third-order valence-electron chi connectivity index (χ3n) is 4.54. The van der Waals surface area contributed by atoms with Gasteiger partial charge in [-0.1, -0.05) is 13.8 Å². The van der Waals surface area contributed by atoms with Crippen LogP contribution in [0.25, 0.3) is 0 Å². The molecule has 0 aromatic rings. The van der Waals surface area contributed by atoms with Crippen molar-refractivity contribution in [2.24, 2.45) is 5.41 Å². The molecule has 0 bridgehead atoms. The molecular weight excluding hydrogens is 170 g/mol. The van der Waals surface area contributed by atoms with Crippen molar-refractivity contribution < 1.29 is 4.48 Å². The van der Waals surface area contributed by atoms with Crippen LogP contribution in [-0.4, -0.2) is 30.7 Å². The number of piperidine rings is 1. The maximum Gasteiger partial charge on any atom is 0.0791 e. The molecule has 0 amide bonds. The average molecular weight is 196 g/mol. The Morgan fingerprint density at radius 3 is 1.71 bits per heavy atom. The lowest BCUT2D eigenvalue weighted by Gasteiger charge is -2.46. The molecule has 0 N–H and O–H groups in total. The molecule has 0 aromatic carbocycles. The number of rotatable bonds is 0. The molecule has 82 valence electrons. The van der Waals surface area contributed by atoms with Gasteiger partial charge in [-0.15, -0.1) is 0 Å². The fourth-order valence-corrected chi connectivity index (χ4v) is 3.12. The number of hydrogen-bond donors (Lipinski definition) is 0. The summed E-state index contributed by atoms with van der Waals surface area (Å²) in [5, 5.41) is 0. The number of hydrogen-bond acceptors (Lipinski definition) is 0. The summed E-state index contributed by atoms with van der Waals surface area (Å²) < 4.78 is 1.48. The Kier molecular flexibility index (Phi) is 2.88. The van der Waals surface area contributed by atoms with E-state index in [0.29, 0.717) is 5.41 Å². The van der Waals surface area contributed by atoms with Crippen molar-refractivity contribution in [3.8, 4) is 0 Å². The summed E-state index contributed by atoms with van der Waals surface area (Å²) in [6.07, 6.45) is 8.85. The average Bonchev–Trinajstić information content (AvgIpc) is 2.37. The van der Waals surface area contributed by atoms with E-state index < -0.39 is 0 Å². The van der Waals surface area contributed by atoms with Crippen LogP contribution in [0.15, 0.2) is 0 Å². The van der Waals surface area contributed by atoms with Gasteiger partial charge in [0.25, 0.3) is 0 Å². The highest BCUT2D eigenvalue weighted by Crippen LogP contribution is 2.35. The number of nitrogens with zero attached hydrogens (tertiary/aromatic N) is 1. The van der Waals surface area contributed by atoms with Crippen LogP contribution in [0.1, 0.15) is 52.4 Å². The first-order valence-electron chi connectivity index (χ1n) is 6.47. The van der Waals surface area contributed by atoms with Crippen LogP contribution in [0.3, 0.4) is 0 Å². The molecule has 2 aliphatic heterocycles. The predicted molar refractivity (Wildman–Crippen MR) is 61.2 cm³/mol. The minimum atomic E-state index is 0.635. The fraction of sp³-hybridized carbons (Fsp3) is 1.00. The van der Waals surface area contributed by atoms with E-state index in [4.69, 9.17) is 0 Å². The van der Waals surface area contributed by atoms with Crippen molar-refractivity contribution in [2.75, 3.05) is 26.2 Å². The second kappa shape index (κ2) is 3.84. The highest BCUT2D eigenvalue weighted by Gasteiger charge is 2.37. The van der Waals surface area contributed by atoms with Crippen molar-refractivity contribution >= 4 is 0 Å². The second-order valence-corrected chi connectivity index (χ2v) is 6.31. The smallest absolute Gasteiger partial charge is 0.0791 e. The predicted octanol–water partition coefficient (Wildman–Crippen LogP) is 3.20. The molecule has 0 unspecified atom stereocenters.